The Labute approximate surface area is 145 Å². The number of aromatic nitrogens is 2. The summed E-state index contributed by atoms with van der Waals surface area (Å²) in [4.78, 5) is 5.09. The van der Waals surface area contributed by atoms with Crippen LogP contribution < -0.4 is 4.31 Å². The molecule has 1 aliphatic heterocycles. The fourth-order valence-electron chi connectivity index (χ4n) is 3.11. The van der Waals surface area contributed by atoms with Gasteiger partial charge in [0, 0.05) is 17.3 Å². The molecule has 5 nitrogen and oxygen atoms in total. The van der Waals surface area contributed by atoms with E-state index >= 15 is 0 Å². The molecule has 1 unspecified atom stereocenters. The lowest BCUT2D eigenvalue weighted by molar-refractivity contribution is 0.487. The van der Waals surface area contributed by atoms with Crippen LogP contribution in [0.15, 0.2) is 59.3 Å². The number of hydrogen-bond donors (Lipinski definition) is 0. The van der Waals surface area contributed by atoms with Crippen LogP contribution in [0.2, 0.25) is 0 Å². The summed E-state index contributed by atoms with van der Waals surface area (Å²) in [6.07, 6.45) is 6.15. The number of fused-ring (bicyclic) bond motifs is 1. The first-order valence-electron chi connectivity index (χ1n) is 7.70. The number of para-hydroxylation sites is 1. The second-order valence-corrected chi connectivity index (χ2v) is 9.27. The number of benzene rings is 1. The average Bonchev–Trinajstić information content (AvgIpc) is 3.25. The first kappa shape index (κ1) is 15.4. The van der Waals surface area contributed by atoms with Crippen LogP contribution in [0.4, 0.5) is 5.69 Å². The highest BCUT2D eigenvalue weighted by Gasteiger charge is 2.34. The number of aryl methyl sites for hydroxylation is 1. The minimum absolute atomic E-state index is 0.0400. The SMILES string of the molecule is Cc1ccc(S(=O)(=O)N2CC(n3ccnc3)Cc3ccccc32)s1. The Hall–Kier alpha value is -2.12. The van der Waals surface area contributed by atoms with Crippen molar-refractivity contribution in [3.8, 4) is 0 Å². The van der Waals surface area contributed by atoms with Crippen LogP contribution >= 0.6 is 11.3 Å². The molecule has 124 valence electrons. The van der Waals surface area contributed by atoms with E-state index in [4.69, 9.17) is 0 Å². The highest BCUT2D eigenvalue weighted by molar-refractivity contribution is 7.94. The molecule has 0 fully saturated rings. The summed E-state index contributed by atoms with van der Waals surface area (Å²) in [5.74, 6) is 0. The smallest absolute Gasteiger partial charge is 0.273 e. The molecule has 3 aromatic rings. The lowest BCUT2D eigenvalue weighted by Gasteiger charge is -2.35. The lowest BCUT2D eigenvalue weighted by atomic mass is 10.00. The second kappa shape index (κ2) is 5.75. The molecular formula is C17H17N3O2S2. The Kier molecular flexibility index (Phi) is 3.69. The van der Waals surface area contributed by atoms with Crippen LogP contribution in [-0.2, 0) is 16.4 Å². The molecule has 0 radical (unpaired) electrons. The minimum Gasteiger partial charge on any atom is -0.332 e. The Morgan fingerprint density at radius 3 is 2.75 bits per heavy atom. The van der Waals surface area contributed by atoms with Crippen LogP contribution in [-0.4, -0.2) is 24.5 Å². The van der Waals surface area contributed by atoms with Crippen molar-refractivity contribution in [3.63, 3.8) is 0 Å². The first-order chi connectivity index (χ1) is 11.6. The number of hydrogen-bond acceptors (Lipinski definition) is 4. The normalized spacial score (nSPS) is 17.7. The van der Waals surface area contributed by atoms with Gasteiger partial charge in [-0.2, -0.15) is 0 Å². The van der Waals surface area contributed by atoms with E-state index in [9.17, 15) is 8.42 Å². The van der Waals surface area contributed by atoms with Gasteiger partial charge in [0.25, 0.3) is 10.0 Å². The van der Waals surface area contributed by atoms with Gasteiger partial charge in [-0.05, 0) is 37.1 Å². The van der Waals surface area contributed by atoms with Gasteiger partial charge < -0.3 is 4.57 Å². The van der Waals surface area contributed by atoms with E-state index < -0.39 is 10.0 Å². The number of rotatable bonds is 3. The molecular weight excluding hydrogens is 342 g/mol. The maximum atomic E-state index is 13.2. The van der Waals surface area contributed by atoms with Gasteiger partial charge in [-0.3, -0.25) is 4.31 Å². The molecule has 1 aliphatic rings. The first-order valence-corrected chi connectivity index (χ1v) is 9.96. The zero-order valence-electron chi connectivity index (χ0n) is 13.2. The van der Waals surface area contributed by atoms with Crippen LogP contribution in [0.3, 0.4) is 0 Å². The predicted molar refractivity (Wildman–Crippen MR) is 95.0 cm³/mol. The molecule has 0 aliphatic carbocycles. The van der Waals surface area contributed by atoms with Crippen LogP contribution in [0, 0.1) is 6.92 Å². The molecule has 4 rings (SSSR count). The van der Waals surface area contributed by atoms with E-state index in [-0.39, 0.29) is 6.04 Å². The predicted octanol–water partition coefficient (Wildman–Crippen LogP) is 3.25. The Morgan fingerprint density at radius 1 is 1.21 bits per heavy atom. The summed E-state index contributed by atoms with van der Waals surface area (Å²) in [6.45, 7) is 2.33. The number of nitrogens with zero attached hydrogens (tertiary/aromatic N) is 3. The Morgan fingerprint density at radius 2 is 2.04 bits per heavy atom. The Bertz CT molecular complexity index is 961. The molecule has 0 bridgehead atoms. The molecule has 1 aromatic carbocycles. The number of anilines is 1. The topological polar surface area (TPSA) is 55.2 Å². The molecule has 1 atom stereocenters. The van der Waals surface area contributed by atoms with Gasteiger partial charge in [0.1, 0.15) is 4.21 Å². The van der Waals surface area contributed by atoms with Crippen molar-refractivity contribution in [1.82, 2.24) is 9.55 Å². The highest BCUT2D eigenvalue weighted by atomic mass is 32.2. The third kappa shape index (κ3) is 2.53. The van der Waals surface area contributed by atoms with Gasteiger partial charge in [-0.1, -0.05) is 18.2 Å². The Balaban J connectivity index is 1.81. The summed E-state index contributed by atoms with van der Waals surface area (Å²) >= 11 is 1.31. The maximum Gasteiger partial charge on any atom is 0.273 e. The van der Waals surface area contributed by atoms with Crippen molar-refractivity contribution >= 4 is 27.0 Å². The third-order valence-corrected chi connectivity index (χ3v) is 7.55. The molecule has 7 heteroatoms. The van der Waals surface area contributed by atoms with Crippen LogP contribution in [0.25, 0.3) is 0 Å². The molecule has 0 N–H and O–H groups in total. The van der Waals surface area contributed by atoms with E-state index in [1.165, 1.54) is 11.3 Å². The monoisotopic (exact) mass is 359 g/mol. The highest BCUT2D eigenvalue weighted by Crippen LogP contribution is 2.37. The van der Waals surface area contributed by atoms with E-state index in [1.54, 1.807) is 22.9 Å². The molecule has 0 saturated carbocycles. The van der Waals surface area contributed by atoms with Gasteiger partial charge in [0.15, 0.2) is 0 Å². The second-order valence-electron chi connectivity index (χ2n) is 5.90. The van der Waals surface area contributed by atoms with E-state index in [0.717, 1.165) is 22.5 Å². The standard InChI is InChI=1S/C17H17N3O2S2/c1-13-6-7-17(23-13)24(21,22)20-11-15(19-9-8-18-12-19)10-14-4-2-3-5-16(14)20/h2-9,12,15H,10-11H2,1H3. The fourth-order valence-corrected chi connectivity index (χ4v) is 6.04. The molecule has 3 heterocycles. The minimum atomic E-state index is -3.56. The van der Waals surface area contributed by atoms with E-state index in [1.807, 2.05) is 48.0 Å². The number of imidazole rings is 1. The molecule has 24 heavy (non-hydrogen) atoms. The van der Waals surface area contributed by atoms with Crippen molar-refractivity contribution in [2.24, 2.45) is 0 Å². The van der Waals surface area contributed by atoms with Crippen LogP contribution in [0.5, 0.6) is 0 Å². The molecule has 2 aromatic heterocycles. The number of thiophene rings is 1. The van der Waals surface area contributed by atoms with Crippen molar-refractivity contribution in [2.45, 2.75) is 23.6 Å². The van der Waals surface area contributed by atoms with Crippen molar-refractivity contribution < 1.29 is 8.42 Å². The molecule has 0 saturated heterocycles. The summed E-state index contributed by atoms with van der Waals surface area (Å²) in [6, 6.07) is 11.3. The van der Waals surface area contributed by atoms with Crippen molar-refractivity contribution in [2.75, 3.05) is 10.8 Å². The summed E-state index contributed by atoms with van der Waals surface area (Å²) in [7, 11) is -3.56. The largest absolute Gasteiger partial charge is 0.332 e. The van der Waals surface area contributed by atoms with Gasteiger partial charge in [0.2, 0.25) is 0 Å². The quantitative estimate of drug-likeness (QED) is 0.721. The maximum absolute atomic E-state index is 13.2. The van der Waals surface area contributed by atoms with Gasteiger partial charge in [-0.25, -0.2) is 13.4 Å². The summed E-state index contributed by atoms with van der Waals surface area (Å²) < 4.78 is 30.3. The zero-order valence-corrected chi connectivity index (χ0v) is 14.8. The zero-order chi connectivity index (χ0) is 16.7. The molecule has 0 spiro atoms. The third-order valence-electron chi connectivity index (χ3n) is 4.30. The summed E-state index contributed by atoms with van der Waals surface area (Å²) in [5, 5.41) is 0. The van der Waals surface area contributed by atoms with E-state index in [0.29, 0.717) is 10.8 Å². The van der Waals surface area contributed by atoms with Crippen molar-refractivity contribution in [1.29, 1.82) is 0 Å². The number of sulfonamides is 1. The average molecular weight is 359 g/mol. The fraction of sp³-hybridized carbons (Fsp3) is 0.235. The summed E-state index contributed by atoms with van der Waals surface area (Å²) in [5.41, 5.74) is 1.82. The lowest BCUT2D eigenvalue weighted by Crippen LogP contribution is -2.40. The van der Waals surface area contributed by atoms with Crippen LogP contribution in [0.1, 0.15) is 16.5 Å². The van der Waals surface area contributed by atoms with Gasteiger partial charge in [-0.15, -0.1) is 11.3 Å². The van der Waals surface area contributed by atoms with Gasteiger partial charge in [0.05, 0.1) is 24.6 Å². The van der Waals surface area contributed by atoms with E-state index in [2.05, 4.69) is 4.98 Å². The molecule has 0 amide bonds. The van der Waals surface area contributed by atoms with Gasteiger partial charge >= 0.3 is 0 Å². The van der Waals surface area contributed by atoms with Crippen molar-refractivity contribution in [3.05, 3.63) is 65.6 Å².